The molecule has 0 bridgehead atoms. The summed E-state index contributed by atoms with van der Waals surface area (Å²) in [5, 5.41) is 4.32. The zero-order valence-corrected chi connectivity index (χ0v) is 16.0. The van der Waals surface area contributed by atoms with E-state index in [-0.39, 0.29) is 23.5 Å². The number of oxazole rings is 1. The van der Waals surface area contributed by atoms with Crippen LogP contribution >= 0.6 is 0 Å². The summed E-state index contributed by atoms with van der Waals surface area (Å²) in [6.07, 6.45) is 0.944. The lowest BCUT2D eigenvalue weighted by molar-refractivity contribution is 0.0760. The number of amides is 1. The fraction of sp³-hybridized carbons (Fsp3) is 0.227. The summed E-state index contributed by atoms with van der Waals surface area (Å²) in [5.74, 6) is 1.39. The van der Waals surface area contributed by atoms with E-state index in [1.165, 1.54) is 10.1 Å². The van der Waals surface area contributed by atoms with Crippen LogP contribution in [0.5, 0.6) is 11.8 Å². The van der Waals surface area contributed by atoms with Gasteiger partial charge in [0.25, 0.3) is 5.91 Å². The van der Waals surface area contributed by atoms with Crippen molar-refractivity contribution in [3.05, 3.63) is 77.7 Å². The van der Waals surface area contributed by atoms with Gasteiger partial charge >= 0.3 is 11.9 Å². The topological polar surface area (TPSA) is 72.9 Å². The molecular formula is C22H20N4O3. The van der Waals surface area contributed by atoms with Gasteiger partial charge in [0, 0.05) is 19.0 Å². The highest BCUT2D eigenvalue weighted by molar-refractivity contribution is 5.93. The SMILES string of the molecule is Cc1c(C(=O)N2CCC(c3ccccc3)C2)oc2nc(Oc3ccccc3)nn12. The van der Waals surface area contributed by atoms with E-state index in [9.17, 15) is 4.79 Å². The van der Waals surface area contributed by atoms with Crippen LogP contribution in [0.3, 0.4) is 0 Å². The quantitative estimate of drug-likeness (QED) is 0.527. The second kappa shape index (κ2) is 7.09. The van der Waals surface area contributed by atoms with Crippen LogP contribution in [0.15, 0.2) is 65.1 Å². The van der Waals surface area contributed by atoms with Gasteiger partial charge in [0.1, 0.15) is 5.75 Å². The molecule has 1 unspecified atom stereocenters. The van der Waals surface area contributed by atoms with E-state index >= 15 is 0 Å². The largest absolute Gasteiger partial charge is 0.423 e. The molecule has 0 N–H and O–H groups in total. The van der Waals surface area contributed by atoms with Gasteiger partial charge in [0.05, 0.1) is 5.69 Å². The number of fused-ring (bicyclic) bond motifs is 1. The Kier molecular flexibility index (Phi) is 4.27. The first-order valence-electron chi connectivity index (χ1n) is 9.62. The number of rotatable bonds is 4. The standard InChI is InChI=1S/C22H20N4O3/c1-15-19(20(27)25-13-12-17(14-25)16-8-4-2-5-9-16)29-22-23-21(24-26(15)22)28-18-10-6-3-7-11-18/h2-11,17H,12-14H2,1H3. The van der Waals surface area contributed by atoms with E-state index in [1.807, 2.05) is 53.4 Å². The van der Waals surface area contributed by atoms with E-state index in [4.69, 9.17) is 9.15 Å². The van der Waals surface area contributed by atoms with Gasteiger partial charge in [-0.3, -0.25) is 4.79 Å². The third kappa shape index (κ3) is 3.24. The number of nitrogens with zero attached hydrogens (tertiary/aromatic N) is 4. The van der Waals surface area contributed by atoms with E-state index in [2.05, 4.69) is 22.2 Å². The Balaban J connectivity index is 1.34. The highest BCUT2D eigenvalue weighted by Gasteiger charge is 2.31. The first kappa shape index (κ1) is 17.5. The molecule has 5 rings (SSSR count). The molecule has 29 heavy (non-hydrogen) atoms. The molecule has 0 aliphatic carbocycles. The van der Waals surface area contributed by atoms with Gasteiger partial charge in [-0.1, -0.05) is 48.5 Å². The number of aryl methyl sites for hydroxylation is 1. The van der Waals surface area contributed by atoms with Gasteiger partial charge in [-0.2, -0.15) is 4.52 Å². The van der Waals surface area contributed by atoms with Crippen LogP contribution in [-0.2, 0) is 0 Å². The molecular weight excluding hydrogens is 368 g/mol. The molecule has 2 aromatic carbocycles. The molecule has 0 radical (unpaired) electrons. The highest BCUT2D eigenvalue weighted by atomic mass is 16.5. The molecule has 1 atom stereocenters. The zero-order chi connectivity index (χ0) is 19.8. The van der Waals surface area contributed by atoms with E-state index < -0.39 is 0 Å². The van der Waals surface area contributed by atoms with Crippen LogP contribution < -0.4 is 4.74 Å². The number of hydrogen-bond acceptors (Lipinski definition) is 5. The van der Waals surface area contributed by atoms with Crippen LogP contribution in [0.2, 0.25) is 0 Å². The van der Waals surface area contributed by atoms with Crippen LogP contribution in [0, 0.1) is 6.92 Å². The number of aromatic nitrogens is 3. The number of hydrogen-bond donors (Lipinski definition) is 0. The molecule has 1 aliphatic rings. The minimum absolute atomic E-state index is 0.126. The van der Waals surface area contributed by atoms with Crippen LogP contribution in [0.1, 0.15) is 34.2 Å². The van der Waals surface area contributed by atoms with Crippen LogP contribution in [-0.4, -0.2) is 38.5 Å². The lowest BCUT2D eigenvalue weighted by Crippen LogP contribution is -2.28. The molecule has 7 heteroatoms. The Labute approximate surface area is 167 Å². The molecule has 1 saturated heterocycles. The monoisotopic (exact) mass is 388 g/mol. The van der Waals surface area contributed by atoms with Gasteiger partial charge in [0.2, 0.25) is 5.76 Å². The maximum Gasteiger partial charge on any atom is 0.344 e. The fourth-order valence-corrected chi connectivity index (χ4v) is 3.75. The lowest BCUT2D eigenvalue weighted by atomic mass is 9.99. The summed E-state index contributed by atoms with van der Waals surface area (Å²) >= 11 is 0. The average molecular weight is 388 g/mol. The maximum absolute atomic E-state index is 13.0. The maximum atomic E-state index is 13.0. The number of carbonyl (C=O) groups excluding carboxylic acids is 1. The van der Waals surface area contributed by atoms with Crippen molar-refractivity contribution < 1.29 is 13.9 Å². The van der Waals surface area contributed by atoms with Crippen molar-refractivity contribution in [2.75, 3.05) is 13.1 Å². The van der Waals surface area contributed by atoms with Crippen molar-refractivity contribution in [3.8, 4) is 11.8 Å². The van der Waals surface area contributed by atoms with Gasteiger partial charge < -0.3 is 14.1 Å². The molecule has 1 aliphatic heterocycles. The normalized spacial score (nSPS) is 16.4. The molecule has 4 aromatic rings. The van der Waals surface area contributed by atoms with E-state index in [0.29, 0.717) is 30.5 Å². The Bertz CT molecular complexity index is 1150. The third-order valence-electron chi connectivity index (χ3n) is 5.29. The van der Waals surface area contributed by atoms with Gasteiger partial charge in [-0.15, -0.1) is 10.1 Å². The van der Waals surface area contributed by atoms with Crippen molar-refractivity contribution in [2.24, 2.45) is 0 Å². The van der Waals surface area contributed by atoms with Crippen molar-refractivity contribution in [1.82, 2.24) is 19.5 Å². The lowest BCUT2D eigenvalue weighted by Gasteiger charge is -2.15. The van der Waals surface area contributed by atoms with Gasteiger partial charge in [-0.05, 0) is 31.0 Å². The van der Waals surface area contributed by atoms with Crippen LogP contribution in [0.25, 0.3) is 5.84 Å². The smallest absolute Gasteiger partial charge is 0.344 e. The van der Waals surface area contributed by atoms with Gasteiger partial charge in [-0.25, -0.2) is 0 Å². The second-order valence-corrected chi connectivity index (χ2v) is 7.17. The summed E-state index contributed by atoms with van der Waals surface area (Å²) in [6.45, 7) is 3.19. The van der Waals surface area contributed by atoms with Crippen LogP contribution in [0.4, 0.5) is 0 Å². The third-order valence-corrected chi connectivity index (χ3v) is 5.29. The molecule has 2 aromatic heterocycles. The minimum Gasteiger partial charge on any atom is -0.423 e. The molecule has 1 amide bonds. The summed E-state index contributed by atoms with van der Waals surface area (Å²) in [7, 11) is 0. The highest BCUT2D eigenvalue weighted by Crippen LogP contribution is 2.29. The first-order valence-corrected chi connectivity index (χ1v) is 9.62. The molecule has 7 nitrogen and oxygen atoms in total. The Morgan fingerprint density at radius 3 is 2.55 bits per heavy atom. The Morgan fingerprint density at radius 2 is 1.83 bits per heavy atom. The molecule has 146 valence electrons. The zero-order valence-electron chi connectivity index (χ0n) is 16.0. The number of para-hydroxylation sites is 1. The second-order valence-electron chi connectivity index (χ2n) is 7.17. The summed E-state index contributed by atoms with van der Waals surface area (Å²) < 4.78 is 12.9. The summed E-state index contributed by atoms with van der Waals surface area (Å²) in [4.78, 5) is 19.1. The van der Waals surface area contributed by atoms with Gasteiger partial charge in [0.15, 0.2) is 0 Å². The minimum atomic E-state index is -0.126. The first-order chi connectivity index (χ1) is 14.2. The Hall–Kier alpha value is -3.61. The number of likely N-dealkylation sites (tertiary alicyclic amines) is 1. The molecule has 0 spiro atoms. The van der Waals surface area contributed by atoms with Crippen molar-refractivity contribution in [1.29, 1.82) is 0 Å². The van der Waals surface area contributed by atoms with Crippen molar-refractivity contribution in [3.63, 3.8) is 0 Å². The predicted octanol–water partition coefficient (Wildman–Crippen LogP) is 4.05. The Morgan fingerprint density at radius 1 is 1.10 bits per heavy atom. The molecule has 3 heterocycles. The number of carbonyl (C=O) groups is 1. The molecule has 1 fully saturated rings. The number of benzene rings is 2. The fourth-order valence-electron chi connectivity index (χ4n) is 3.75. The summed E-state index contributed by atoms with van der Waals surface area (Å²) in [5.41, 5.74) is 1.88. The van der Waals surface area contributed by atoms with Crippen molar-refractivity contribution in [2.45, 2.75) is 19.3 Å². The summed E-state index contributed by atoms with van der Waals surface area (Å²) in [6, 6.07) is 19.8. The van der Waals surface area contributed by atoms with E-state index in [1.54, 1.807) is 6.92 Å². The van der Waals surface area contributed by atoms with E-state index in [0.717, 1.165) is 6.42 Å². The number of ether oxygens (including phenoxy) is 1. The predicted molar refractivity (Wildman–Crippen MR) is 106 cm³/mol. The molecule has 0 saturated carbocycles. The average Bonchev–Trinajstić information content (AvgIpc) is 3.46. The van der Waals surface area contributed by atoms with Crippen molar-refractivity contribution >= 4 is 11.8 Å².